The minimum Gasteiger partial charge on any atom is -0.378 e. The molecule has 1 aromatic carbocycles. The van der Waals surface area contributed by atoms with Crippen LogP contribution in [0.25, 0.3) is 0 Å². The van der Waals surface area contributed by atoms with Gasteiger partial charge >= 0.3 is 0 Å². The summed E-state index contributed by atoms with van der Waals surface area (Å²) >= 11 is 3.47. The number of rotatable bonds is 2. The van der Waals surface area contributed by atoms with Crippen LogP contribution in [0.15, 0.2) is 28.7 Å². The molecule has 0 aromatic heterocycles. The second-order valence-electron chi connectivity index (χ2n) is 3.51. The van der Waals surface area contributed by atoms with Gasteiger partial charge in [0.05, 0.1) is 6.61 Å². The van der Waals surface area contributed by atoms with E-state index >= 15 is 0 Å². The SMILES string of the molecule is COC1(c2cccc(Br)c2)CCOC1. The summed E-state index contributed by atoms with van der Waals surface area (Å²) in [4.78, 5) is 0. The van der Waals surface area contributed by atoms with Crippen LogP contribution in [0.4, 0.5) is 0 Å². The standard InChI is InChI=1S/C11H13BrO2/c1-13-11(5-6-14-8-11)9-3-2-4-10(12)7-9/h2-4,7H,5-6,8H2,1H3. The predicted octanol–water partition coefficient (Wildman–Crippen LogP) is 2.71. The Morgan fingerprint density at radius 1 is 1.50 bits per heavy atom. The molecule has 2 rings (SSSR count). The molecule has 1 saturated heterocycles. The fourth-order valence-corrected chi connectivity index (χ4v) is 2.22. The zero-order valence-electron chi connectivity index (χ0n) is 8.13. The van der Waals surface area contributed by atoms with Crippen LogP contribution in [0.1, 0.15) is 12.0 Å². The second-order valence-corrected chi connectivity index (χ2v) is 4.43. The van der Waals surface area contributed by atoms with E-state index in [9.17, 15) is 0 Å². The molecule has 1 aliphatic heterocycles. The van der Waals surface area contributed by atoms with Crippen LogP contribution in [0.3, 0.4) is 0 Å². The van der Waals surface area contributed by atoms with E-state index in [2.05, 4.69) is 28.1 Å². The Hall–Kier alpha value is -0.380. The van der Waals surface area contributed by atoms with Gasteiger partial charge in [0.2, 0.25) is 0 Å². The first-order valence-electron chi connectivity index (χ1n) is 4.66. The average molecular weight is 257 g/mol. The fourth-order valence-electron chi connectivity index (χ4n) is 1.82. The topological polar surface area (TPSA) is 18.5 Å². The summed E-state index contributed by atoms with van der Waals surface area (Å²) in [5.74, 6) is 0. The maximum absolute atomic E-state index is 5.59. The van der Waals surface area contributed by atoms with Crippen LogP contribution in [0.2, 0.25) is 0 Å². The average Bonchev–Trinajstić information content (AvgIpc) is 2.67. The number of hydrogen-bond acceptors (Lipinski definition) is 2. The molecule has 1 aromatic rings. The number of benzene rings is 1. The summed E-state index contributed by atoms with van der Waals surface area (Å²) in [7, 11) is 1.75. The molecule has 0 radical (unpaired) electrons. The number of methoxy groups -OCH3 is 1. The molecule has 1 atom stereocenters. The minimum atomic E-state index is -0.232. The van der Waals surface area contributed by atoms with Crippen LogP contribution < -0.4 is 0 Å². The van der Waals surface area contributed by atoms with Crippen molar-refractivity contribution in [3.63, 3.8) is 0 Å². The van der Waals surface area contributed by atoms with Gasteiger partial charge in [-0.2, -0.15) is 0 Å². The predicted molar refractivity (Wildman–Crippen MR) is 58.3 cm³/mol. The van der Waals surface area contributed by atoms with Gasteiger partial charge in [0.15, 0.2) is 0 Å². The first-order chi connectivity index (χ1) is 6.77. The first-order valence-corrected chi connectivity index (χ1v) is 5.45. The molecule has 0 N–H and O–H groups in total. The van der Waals surface area contributed by atoms with Crippen molar-refractivity contribution in [1.29, 1.82) is 0 Å². The highest BCUT2D eigenvalue weighted by atomic mass is 79.9. The maximum atomic E-state index is 5.59. The molecule has 14 heavy (non-hydrogen) atoms. The largest absolute Gasteiger partial charge is 0.378 e. The van der Waals surface area contributed by atoms with Crippen LogP contribution in [0.5, 0.6) is 0 Å². The van der Waals surface area contributed by atoms with Gasteiger partial charge in [0, 0.05) is 24.6 Å². The summed E-state index contributed by atoms with van der Waals surface area (Å²) in [6.45, 7) is 1.43. The van der Waals surface area contributed by atoms with E-state index in [1.165, 1.54) is 5.56 Å². The third-order valence-electron chi connectivity index (χ3n) is 2.73. The van der Waals surface area contributed by atoms with E-state index in [1.54, 1.807) is 7.11 Å². The molecule has 0 saturated carbocycles. The quantitative estimate of drug-likeness (QED) is 0.811. The Bertz CT molecular complexity index is 319. The lowest BCUT2D eigenvalue weighted by atomic mass is 9.93. The lowest BCUT2D eigenvalue weighted by Crippen LogP contribution is -2.28. The summed E-state index contributed by atoms with van der Waals surface area (Å²) < 4.78 is 12.1. The van der Waals surface area contributed by atoms with E-state index in [0.29, 0.717) is 6.61 Å². The zero-order valence-corrected chi connectivity index (χ0v) is 9.71. The van der Waals surface area contributed by atoms with E-state index < -0.39 is 0 Å². The van der Waals surface area contributed by atoms with Crippen molar-refractivity contribution in [2.45, 2.75) is 12.0 Å². The molecule has 3 heteroatoms. The summed E-state index contributed by atoms with van der Waals surface area (Å²) in [5, 5.41) is 0. The molecule has 0 amide bonds. The molecule has 0 bridgehead atoms. The molecule has 2 nitrogen and oxygen atoms in total. The van der Waals surface area contributed by atoms with Gasteiger partial charge in [-0.15, -0.1) is 0 Å². The van der Waals surface area contributed by atoms with Gasteiger partial charge in [-0.05, 0) is 17.7 Å². The molecular weight excluding hydrogens is 244 g/mol. The van der Waals surface area contributed by atoms with Crippen molar-refractivity contribution < 1.29 is 9.47 Å². The lowest BCUT2D eigenvalue weighted by Gasteiger charge is -2.26. The molecule has 0 aliphatic carbocycles. The van der Waals surface area contributed by atoms with Gasteiger partial charge in [-0.3, -0.25) is 0 Å². The van der Waals surface area contributed by atoms with Gasteiger partial charge in [-0.25, -0.2) is 0 Å². The lowest BCUT2D eigenvalue weighted by molar-refractivity contribution is -0.0213. The molecule has 1 fully saturated rings. The van der Waals surface area contributed by atoms with Crippen molar-refractivity contribution in [2.24, 2.45) is 0 Å². The Morgan fingerprint density at radius 3 is 2.93 bits per heavy atom. The monoisotopic (exact) mass is 256 g/mol. The summed E-state index contributed by atoms with van der Waals surface area (Å²) in [6.07, 6.45) is 0.931. The van der Waals surface area contributed by atoms with Gasteiger partial charge < -0.3 is 9.47 Å². The van der Waals surface area contributed by atoms with Gasteiger partial charge in [0.1, 0.15) is 5.60 Å². The van der Waals surface area contributed by atoms with Crippen LogP contribution >= 0.6 is 15.9 Å². The molecule has 1 heterocycles. The molecule has 0 spiro atoms. The summed E-state index contributed by atoms with van der Waals surface area (Å²) in [6, 6.07) is 8.22. The first kappa shape index (κ1) is 10.1. The van der Waals surface area contributed by atoms with Crippen LogP contribution in [0, 0.1) is 0 Å². The number of halogens is 1. The molecular formula is C11H13BrO2. The van der Waals surface area contributed by atoms with Crippen LogP contribution in [-0.4, -0.2) is 20.3 Å². The Balaban J connectivity index is 2.35. The highest BCUT2D eigenvalue weighted by Gasteiger charge is 2.36. The van der Waals surface area contributed by atoms with E-state index in [1.807, 2.05) is 12.1 Å². The van der Waals surface area contributed by atoms with Crippen molar-refractivity contribution in [3.05, 3.63) is 34.3 Å². The molecule has 1 aliphatic rings. The van der Waals surface area contributed by atoms with E-state index in [4.69, 9.17) is 9.47 Å². The maximum Gasteiger partial charge on any atom is 0.118 e. The normalized spacial score (nSPS) is 26.7. The third kappa shape index (κ3) is 1.72. The van der Waals surface area contributed by atoms with Crippen molar-refractivity contribution >= 4 is 15.9 Å². The van der Waals surface area contributed by atoms with Gasteiger partial charge in [-0.1, -0.05) is 28.1 Å². The highest BCUT2D eigenvalue weighted by Crippen LogP contribution is 2.34. The van der Waals surface area contributed by atoms with E-state index in [0.717, 1.165) is 17.5 Å². The highest BCUT2D eigenvalue weighted by molar-refractivity contribution is 9.10. The zero-order chi connectivity index (χ0) is 10.0. The fraction of sp³-hybridized carbons (Fsp3) is 0.455. The van der Waals surface area contributed by atoms with Crippen molar-refractivity contribution in [3.8, 4) is 0 Å². The number of hydrogen-bond donors (Lipinski definition) is 0. The second kappa shape index (κ2) is 4.01. The number of ether oxygens (including phenoxy) is 2. The van der Waals surface area contributed by atoms with Crippen LogP contribution in [-0.2, 0) is 15.1 Å². The smallest absolute Gasteiger partial charge is 0.118 e. The Kier molecular flexibility index (Phi) is 2.91. The minimum absolute atomic E-state index is 0.232. The third-order valence-corrected chi connectivity index (χ3v) is 3.22. The molecule has 1 unspecified atom stereocenters. The van der Waals surface area contributed by atoms with Gasteiger partial charge in [0.25, 0.3) is 0 Å². The van der Waals surface area contributed by atoms with Crippen molar-refractivity contribution in [2.75, 3.05) is 20.3 Å². The summed E-state index contributed by atoms with van der Waals surface area (Å²) in [5.41, 5.74) is 0.955. The van der Waals surface area contributed by atoms with Crippen molar-refractivity contribution in [1.82, 2.24) is 0 Å². The molecule has 76 valence electrons. The Labute approximate surface area is 92.3 Å². The Morgan fingerprint density at radius 2 is 2.36 bits per heavy atom. The van der Waals surface area contributed by atoms with E-state index in [-0.39, 0.29) is 5.60 Å².